The summed E-state index contributed by atoms with van der Waals surface area (Å²) < 4.78 is 17.2. The lowest BCUT2D eigenvalue weighted by Crippen LogP contribution is -2.56. The number of aldehydes is 1. The van der Waals surface area contributed by atoms with Crippen molar-refractivity contribution in [2.45, 2.75) is 43.4 Å². The van der Waals surface area contributed by atoms with E-state index in [-0.39, 0.29) is 37.6 Å². The Labute approximate surface area is 239 Å². The minimum Gasteiger partial charge on any atom is -0.496 e. The zero-order valence-corrected chi connectivity index (χ0v) is 23.2. The average Bonchev–Trinajstić information content (AvgIpc) is 3.39. The summed E-state index contributed by atoms with van der Waals surface area (Å²) in [6.07, 6.45) is 2.84. The highest BCUT2D eigenvalue weighted by molar-refractivity contribution is 5.96. The van der Waals surface area contributed by atoms with Gasteiger partial charge in [0.25, 0.3) is 0 Å². The van der Waals surface area contributed by atoms with Crippen LogP contribution in [0.15, 0.2) is 60.7 Å². The number of fused-ring (bicyclic) bond motifs is 3. The number of para-hydroxylation sites is 1. The lowest BCUT2D eigenvalue weighted by atomic mass is 9.77. The highest BCUT2D eigenvalue weighted by Crippen LogP contribution is 2.51. The fourth-order valence-electron chi connectivity index (χ4n) is 5.52. The summed E-state index contributed by atoms with van der Waals surface area (Å²) >= 11 is 0. The lowest BCUT2D eigenvalue weighted by molar-refractivity contribution is -0.137. The predicted molar refractivity (Wildman–Crippen MR) is 151 cm³/mol. The number of methoxy groups -OCH3 is 2. The van der Waals surface area contributed by atoms with Crippen LogP contribution in [0.5, 0.6) is 17.2 Å². The van der Waals surface area contributed by atoms with Crippen LogP contribution < -0.4 is 19.5 Å². The molecule has 0 spiro atoms. The van der Waals surface area contributed by atoms with Crippen molar-refractivity contribution >= 4 is 18.1 Å². The van der Waals surface area contributed by atoms with Gasteiger partial charge >= 0.3 is 0 Å². The first-order chi connectivity index (χ1) is 19.9. The van der Waals surface area contributed by atoms with Crippen molar-refractivity contribution in [2.75, 3.05) is 33.9 Å². The number of carbonyl (C=O) groups is 3. The van der Waals surface area contributed by atoms with E-state index in [0.717, 1.165) is 5.56 Å². The molecular formula is C31H36N2O8. The molecule has 10 heteroatoms. The predicted octanol–water partition coefficient (Wildman–Crippen LogP) is 2.18. The van der Waals surface area contributed by atoms with Crippen LogP contribution in [0.25, 0.3) is 0 Å². The molecule has 0 saturated carbocycles. The highest BCUT2D eigenvalue weighted by atomic mass is 16.5. The number of amides is 2. The van der Waals surface area contributed by atoms with Crippen molar-refractivity contribution in [3.8, 4) is 17.2 Å². The Morgan fingerprint density at radius 1 is 1.17 bits per heavy atom. The number of carbonyl (C=O) groups excluding carboxylic acids is 3. The van der Waals surface area contributed by atoms with Crippen molar-refractivity contribution in [3.63, 3.8) is 0 Å². The molecule has 0 saturated heterocycles. The van der Waals surface area contributed by atoms with E-state index in [2.05, 4.69) is 11.9 Å². The molecule has 218 valence electrons. The van der Waals surface area contributed by atoms with E-state index < -0.39 is 30.1 Å². The second-order valence-corrected chi connectivity index (χ2v) is 9.88. The van der Waals surface area contributed by atoms with Gasteiger partial charge in [-0.2, -0.15) is 0 Å². The van der Waals surface area contributed by atoms with E-state index in [0.29, 0.717) is 47.5 Å². The van der Waals surface area contributed by atoms with Crippen LogP contribution in [0, 0.1) is 0 Å². The first kappa shape index (κ1) is 29.8. The smallest absolute Gasteiger partial charge is 0.247 e. The number of allylic oxidation sites excluding steroid dienone is 1. The third-order valence-electron chi connectivity index (χ3n) is 7.47. The molecule has 3 N–H and O–H groups in total. The van der Waals surface area contributed by atoms with Gasteiger partial charge in [-0.1, -0.05) is 24.3 Å². The maximum absolute atomic E-state index is 13.5. The Kier molecular flexibility index (Phi) is 9.80. The quantitative estimate of drug-likeness (QED) is 0.249. The molecule has 0 unspecified atom stereocenters. The SMILES string of the molecule is C=CCCC(=O)N(CCc1ccccc1OC)[C@@H]1C=C(C(=O)NCCO)[C@@H]2c3cc(C=O)cc(OC)c3O[C@@H]2[C@H]1O. The van der Waals surface area contributed by atoms with Crippen molar-refractivity contribution in [2.24, 2.45) is 0 Å². The molecule has 2 aromatic carbocycles. The summed E-state index contributed by atoms with van der Waals surface area (Å²) in [5, 5.41) is 23.7. The van der Waals surface area contributed by atoms with Gasteiger partial charge in [-0.3, -0.25) is 14.4 Å². The molecule has 0 bridgehead atoms. The molecule has 4 rings (SSSR count). The number of nitrogens with one attached hydrogen (secondary N) is 1. The Morgan fingerprint density at radius 2 is 1.93 bits per heavy atom. The van der Waals surface area contributed by atoms with Gasteiger partial charge in [0, 0.05) is 36.2 Å². The third kappa shape index (κ3) is 6.13. The number of benzene rings is 2. The standard InChI is InChI=1S/C31H36N2O8/c1-4-5-10-26(36)33(13-11-20-8-6-7-9-24(20)39-2)23-17-22(31(38)32-12-14-34)27-21-15-19(18-35)16-25(40-3)29(21)41-30(27)28(23)37/h4,6-9,15-18,23,27-28,30,34,37H,1,5,10-14H2,2-3H3,(H,32,38)/t23-,27+,28+,30+/m1/s1. The number of rotatable bonds is 13. The maximum atomic E-state index is 13.5. The van der Waals surface area contributed by atoms with Crippen LogP contribution in [0.2, 0.25) is 0 Å². The van der Waals surface area contributed by atoms with Gasteiger partial charge in [0.2, 0.25) is 11.8 Å². The molecule has 2 amide bonds. The molecule has 1 heterocycles. The summed E-state index contributed by atoms with van der Waals surface area (Å²) in [5.41, 5.74) is 2.01. The van der Waals surface area contributed by atoms with Crippen LogP contribution in [0.4, 0.5) is 0 Å². The normalized spacial score (nSPS) is 20.5. The molecule has 4 atom stereocenters. The largest absolute Gasteiger partial charge is 0.496 e. The number of aliphatic hydroxyl groups excluding tert-OH is 2. The van der Waals surface area contributed by atoms with E-state index in [1.807, 2.05) is 24.3 Å². The third-order valence-corrected chi connectivity index (χ3v) is 7.47. The van der Waals surface area contributed by atoms with E-state index >= 15 is 0 Å². The summed E-state index contributed by atoms with van der Waals surface area (Å²) in [5.74, 6) is -0.114. The maximum Gasteiger partial charge on any atom is 0.247 e. The molecule has 1 aliphatic heterocycles. The fraction of sp³-hybridized carbons (Fsp3) is 0.387. The summed E-state index contributed by atoms with van der Waals surface area (Å²) in [4.78, 5) is 40.2. The first-order valence-electron chi connectivity index (χ1n) is 13.5. The Balaban J connectivity index is 1.77. The van der Waals surface area contributed by atoms with E-state index in [9.17, 15) is 24.6 Å². The number of nitrogens with zero attached hydrogens (tertiary/aromatic N) is 1. The zero-order valence-electron chi connectivity index (χ0n) is 23.2. The van der Waals surface area contributed by atoms with Crippen molar-refractivity contribution in [3.05, 3.63) is 77.4 Å². The van der Waals surface area contributed by atoms with Gasteiger partial charge < -0.3 is 34.6 Å². The fourth-order valence-corrected chi connectivity index (χ4v) is 5.52. The van der Waals surface area contributed by atoms with E-state index in [1.54, 1.807) is 30.2 Å². The Morgan fingerprint density at radius 3 is 2.61 bits per heavy atom. The number of aliphatic hydroxyl groups is 2. The lowest BCUT2D eigenvalue weighted by Gasteiger charge is -2.41. The summed E-state index contributed by atoms with van der Waals surface area (Å²) in [7, 11) is 3.02. The second-order valence-electron chi connectivity index (χ2n) is 9.88. The Hall–Kier alpha value is -4.15. The Bertz CT molecular complexity index is 1320. The van der Waals surface area contributed by atoms with Crippen LogP contribution in [0.3, 0.4) is 0 Å². The van der Waals surface area contributed by atoms with Crippen LogP contribution in [-0.2, 0) is 16.0 Å². The van der Waals surface area contributed by atoms with Gasteiger partial charge in [-0.05, 0) is 42.7 Å². The van der Waals surface area contributed by atoms with E-state index in [1.165, 1.54) is 13.2 Å². The monoisotopic (exact) mass is 564 g/mol. The minimum absolute atomic E-state index is 0.0158. The van der Waals surface area contributed by atoms with Gasteiger partial charge in [0.05, 0.1) is 32.8 Å². The topological polar surface area (TPSA) is 135 Å². The van der Waals surface area contributed by atoms with E-state index in [4.69, 9.17) is 14.2 Å². The molecule has 0 radical (unpaired) electrons. The average molecular weight is 565 g/mol. The zero-order chi connectivity index (χ0) is 29.5. The van der Waals surface area contributed by atoms with Crippen LogP contribution in [-0.4, -0.2) is 85.4 Å². The summed E-state index contributed by atoms with van der Waals surface area (Å²) in [6, 6.07) is 9.74. The highest BCUT2D eigenvalue weighted by Gasteiger charge is 2.51. The van der Waals surface area contributed by atoms with Crippen LogP contribution >= 0.6 is 0 Å². The first-order valence-corrected chi connectivity index (χ1v) is 13.5. The molecular weight excluding hydrogens is 528 g/mol. The molecule has 1 aliphatic carbocycles. The molecule has 41 heavy (non-hydrogen) atoms. The molecule has 2 aliphatic rings. The molecule has 0 fully saturated rings. The molecule has 0 aromatic heterocycles. The van der Waals surface area contributed by atoms with Crippen molar-refractivity contribution < 1.29 is 38.8 Å². The summed E-state index contributed by atoms with van der Waals surface area (Å²) in [6.45, 7) is 3.71. The van der Waals surface area contributed by atoms with Crippen molar-refractivity contribution in [1.82, 2.24) is 10.2 Å². The number of hydrogen-bond acceptors (Lipinski definition) is 8. The molecule has 2 aromatic rings. The number of hydrogen-bond donors (Lipinski definition) is 3. The minimum atomic E-state index is -1.21. The molecule has 10 nitrogen and oxygen atoms in total. The van der Waals surface area contributed by atoms with Gasteiger partial charge in [-0.25, -0.2) is 0 Å². The van der Waals surface area contributed by atoms with Crippen LogP contribution in [0.1, 0.15) is 40.2 Å². The second kappa shape index (κ2) is 13.5. The number of ether oxygens (including phenoxy) is 3. The van der Waals surface area contributed by atoms with Gasteiger partial charge in [0.15, 0.2) is 11.5 Å². The van der Waals surface area contributed by atoms with Gasteiger partial charge in [-0.15, -0.1) is 6.58 Å². The van der Waals surface area contributed by atoms with Gasteiger partial charge in [0.1, 0.15) is 24.2 Å². The van der Waals surface area contributed by atoms with Crippen molar-refractivity contribution in [1.29, 1.82) is 0 Å².